The predicted molar refractivity (Wildman–Crippen MR) is 63.1 cm³/mol. The molecular formula is C12H9N3O2. The van der Waals surface area contributed by atoms with Crippen LogP contribution in [0.4, 0.5) is 5.69 Å². The van der Waals surface area contributed by atoms with Crippen LogP contribution in [-0.4, -0.2) is 17.3 Å². The van der Waals surface area contributed by atoms with Crippen molar-refractivity contribution in [2.24, 2.45) is 0 Å². The zero-order valence-electron chi connectivity index (χ0n) is 9.10. The lowest BCUT2D eigenvalue weighted by Crippen LogP contribution is -2.11. The van der Waals surface area contributed by atoms with Gasteiger partial charge in [0.15, 0.2) is 11.4 Å². The normalized spacial score (nSPS) is 9.65. The molecule has 2 rings (SSSR count). The maximum atomic E-state index is 11.3. The second-order valence-corrected chi connectivity index (χ2v) is 3.31. The van der Waals surface area contributed by atoms with Crippen molar-refractivity contribution < 1.29 is 4.74 Å². The first-order valence-electron chi connectivity index (χ1n) is 4.86. The standard InChI is InChI=1S/C12H9N3O2/c1-13-9-5-3-8(4-6-9)10-7-11(17-2)12(16)15-14-10/h3-7H,2H3,(H,15,16). The molecule has 0 radical (unpaired) electrons. The van der Waals surface area contributed by atoms with Gasteiger partial charge < -0.3 is 4.74 Å². The molecule has 0 aliphatic rings. The van der Waals surface area contributed by atoms with E-state index in [0.29, 0.717) is 11.4 Å². The highest BCUT2D eigenvalue weighted by Crippen LogP contribution is 2.21. The minimum Gasteiger partial charge on any atom is -0.491 e. The van der Waals surface area contributed by atoms with Crippen molar-refractivity contribution in [3.8, 4) is 17.0 Å². The van der Waals surface area contributed by atoms with Crippen molar-refractivity contribution in [1.29, 1.82) is 0 Å². The molecule has 1 N–H and O–H groups in total. The average Bonchev–Trinajstić information content (AvgIpc) is 2.39. The third-order valence-corrected chi connectivity index (χ3v) is 2.28. The van der Waals surface area contributed by atoms with E-state index in [1.807, 2.05) is 0 Å². The van der Waals surface area contributed by atoms with Gasteiger partial charge in [0.25, 0.3) is 0 Å². The molecule has 1 heterocycles. The largest absolute Gasteiger partial charge is 0.491 e. The van der Waals surface area contributed by atoms with E-state index in [1.165, 1.54) is 7.11 Å². The first-order valence-corrected chi connectivity index (χ1v) is 4.86. The molecule has 2 aromatic rings. The van der Waals surface area contributed by atoms with E-state index >= 15 is 0 Å². The Bertz CT molecular complexity index is 623. The Morgan fingerprint density at radius 3 is 2.65 bits per heavy atom. The topological polar surface area (TPSA) is 59.3 Å². The Morgan fingerprint density at radius 1 is 1.35 bits per heavy atom. The summed E-state index contributed by atoms with van der Waals surface area (Å²) in [5.41, 5.74) is 1.60. The van der Waals surface area contributed by atoms with Crippen molar-refractivity contribution in [3.05, 3.63) is 52.1 Å². The van der Waals surface area contributed by atoms with Crippen LogP contribution in [0.3, 0.4) is 0 Å². The lowest BCUT2D eigenvalue weighted by atomic mass is 10.1. The minimum atomic E-state index is -0.367. The number of ether oxygens (including phenoxy) is 1. The maximum absolute atomic E-state index is 11.3. The van der Waals surface area contributed by atoms with E-state index in [0.717, 1.165) is 5.56 Å². The minimum absolute atomic E-state index is 0.212. The van der Waals surface area contributed by atoms with E-state index < -0.39 is 0 Å². The summed E-state index contributed by atoms with van der Waals surface area (Å²) in [6.45, 7) is 6.85. The summed E-state index contributed by atoms with van der Waals surface area (Å²) in [6.07, 6.45) is 0. The number of rotatable bonds is 2. The van der Waals surface area contributed by atoms with Crippen molar-refractivity contribution >= 4 is 5.69 Å². The van der Waals surface area contributed by atoms with Crippen LogP contribution in [0, 0.1) is 6.57 Å². The number of hydrogen-bond donors (Lipinski definition) is 1. The zero-order chi connectivity index (χ0) is 12.3. The van der Waals surface area contributed by atoms with Gasteiger partial charge in [0, 0.05) is 6.07 Å². The molecule has 0 aliphatic heterocycles. The van der Waals surface area contributed by atoms with Gasteiger partial charge in [-0.05, 0) is 5.56 Å². The zero-order valence-corrected chi connectivity index (χ0v) is 9.10. The Morgan fingerprint density at radius 2 is 2.06 bits per heavy atom. The van der Waals surface area contributed by atoms with Gasteiger partial charge >= 0.3 is 5.56 Å². The molecule has 0 bridgehead atoms. The Kier molecular flexibility index (Phi) is 2.88. The third kappa shape index (κ3) is 2.16. The summed E-state index contributed by atoms with van der Waals surface area (Å²) in [4.78, 5) is 14.6. The van der Waals surface area contributed by atoms with Crippen LogP contribution in [0.1, 0.15) is 0 Å². The molecule has 0 spiro atoms. The highest BCUT2D eigenvalue weighted by atomic mass is 16.5. The number of nitrogens with one attached hydrogen (secondary N) is 1. The first-order chi connectivity index (χ1) is 8.24. The van der Waals surface area contributed by atoms with Gasteiger partial charge in [0.1, 0.15) is 0 Å². The van der Waals surface area contributed by atoms with Gasteiger partial charge in [-0.25, -0.2) is 9.94 Å². The molecule has 0 fully saturated rings. The van der Waals surface area contributed by atoms with Gasteiger partial charge in [-0.3, -0.25) is 4.79 Å². The summed E-state index contributed by atoms with van der Waals surface area (Å²) in [5.74, 6) is 0.212. The Labute approximate surface area is 97.5 Å². The van der Waals surface area contributed by atoms with E-state index in [1.54, 1.807) is 30.3 Å². The van der Waals surface area contributed by atoms with Crippen LogP contribution in [0.25, 0.3) is 16.1 Å². The van der Waals surface area contributed by atoms with Gasteiger partial charge in [-0.15, -0.1) is 0 Å². The Hall–Kier alpha value is -2.61. The lowest BCUT2D eigenvalue weighted by molar-refractivity contribution is 0.407. The average molecular weight is 227 g/mol. The SMILES string of the molecule is [C-]#[N+]c1ccc(-c2cc(OC)c(=O)[nH]n2)cc1. The quantitative estimate of drug-likeness (QED) is 0.798. The highest BCUT2D eigenvalue weighted by Gasteiger charge is 2.05. The van der Waals surface area contributed by atoms with Crippen molar-refractivity contribution in [2.45, 2.75) is 0 Å². The third-order valence-electron chi connectivity index (χ3n) is 2.28. The summed E-state index contributed by atoms with van der Waals surface area (Å²) >= 11 is 0. The second kappa shape index (κ2) is 4.49. The summed E-state index contributed by atoms with van der Waals surface area (Å²) in [7, 11) is 1.43. The monoisotopic (exact) mass is 227 g/mol. The van der Waals surface area contributed by atoms with Gasteiger partial charge in [-0.1, -0.05) is 24.3 Å². The molecule has 1 aromatic heterocycles. The highest BCUT2D eigenvalue weighted by molar-refractivity contribution is 5.63. The van der Waals surface area contributed by atoms with Crippen LogP contribution < -0.4 is 10.3 Å². The predicted octanol–water partition coefficient (Wildman–Crippen LogP) is 2.00. The van der Waals surface area contributed by atoms with Crippen LogP contribution in [0.2, 0.25) is 0 Å². The van der Waals surface area contributed by atoms with Gasteiger partial charge in [0.2, 0.25) is 0 Å². The van der Waals surface area contributed by atoms with E-state index in [-0.39, 0.29) is 11.3 Å². The van der Waals surface area contributed by atoms with E-state index in [9.17, 15) is 4.79 Å². The second-order valence-electron chi connectivity index (χ2n) is 3.31. The Balaban J connectivity index is 2.46. The molecule has 0 aliphatic carbocycles. The lowest BCUT2D eigenvalue weighted by Gasteiger charge is -2.02. The molecule has 84 valence electrons. The molecule has 1 aromatic carbocycles. The number of aromatic nitrogens is 2. The van der Waals surface area contributed by atoms with Crippen LogP contribution in [0.15, 0.2) is 35.1 Å². The van der Waals surface area contributed by atoms with Crippen molar-refractivity contribution in [1.82, 2.24) is 10.2 Å². The number of aromatic amines is 1. The van der Waals surface area contributed by atoms with Crippen LogP contribution >= 0.6 is 0 Å². The van der Waals surface area contributed by atoms with E-state index in [4.69, 9.17) is 11.3 Å². The maximum Gasteiger partial charge on any atom is 0.306 e. The van der Waals surface area contributed by atoms with Crippen LogP contribution in [0.5, 0.6) is 5.75 Å². The molecule has 5 nitrogen and oxygen atoms in total. The number of benzene rings is 1. The van der Waals surface area contributed by atoms with E-state index in [2.05, 4.69) is 15.0 Å². The number of H-pyrrole nitrogens is 1. The van der Waals surface area contributed by atoms with Crippen molar-refractivity contribution in [3.63, 3.8) is 0 Å². The first kappa shape index (κ1) is 10.9. The smallest absolute Gasteiger partial charge is 0.306 e. The van der Waals surface area contributed by atoms with Crippen molar-refractivity contribution in [2.75, 3.05) is 7.11 Å². The number of nitrogens with zero attached hydrogens (tertiary/aromatic N) is 2. The summed E-state index contributed by atoms with van der Waals surface area (Å²) in [5, 5.41) is 6.27. The fourth-order valence-corrected chi connectivity index (χ4v) is 1.39. The molecule has 0 saturated carbocycles. The van der Waals surface area contributed by atoms with Crippen LogP contribution in [-0.2, 0) is 0 Å². The fraction of sp³-hybridized carbons (Fsp3) is 0.0833. The number of hydrogen-bond acceptors (Lipinski definition) is 3. The number of methoxy groups -OCH3 is 1. The summed E-state index contributed by atoms with van der Waals surface area (Å²) in [6, 6.07) is 8.50. The molecule has 0 amide bonds. The fourth-order valence-electron chi connectivity index (χ4n) is 1.39. The van der Waals surface area contributed by atoms with Gasteiger partial charge in [-0.2, -0.15) is 5.10 Å². The molecule has 0 saturated heterocycles. The molecule has 0 atom stereocenters. The summed E-state index contributed by atoms with van der Waals surface area (Å²) < 4.78 is 4.92. The molecule has 5 heteroatoms. The molecular weight excluding hydrogens is 218 g/mol. The molecule has 17 heavy (non-hydrogen) atoms. The van der Waals surface area contributed by atoms with Gasteiger partial charge in [0.05, 0.1) is 19.4 Å². The molecule has 0 unspecified atom stereocenters.